The number of rotatable bonds is 3. The van der Waals surface area contributed by atoms with Crippen molar-refractivity contribution in [3.63, 3.8) is 0 Å². The van der Waals surface area contributed by atoms with Crippen molar-refractivity contribution in [2.45, 2.75) is 38.6 Å². The summed E-state index contributed by atoms with van der Waals surface area (Å²) in [5, 5.41) is 12.5. The van der Waals surface area contributed by atoms with Gasteiger partial charge in [-0.3, -0.25) is 4.79 Å². The zero-order valence-electron chi connectivity index (χ0n) is 12.1. The predicted molar refractivity (Wildman–Crippen MR) is 75.7 cm³/mol. The fraction of sp³-hybridized carbons (Fsp3) is 0.733. The van der Waals surface area contributed by atoms with Crippen molar-refractivity contribution in [1.82, 2.24) is 10.2 Å². The molecule has 0 aromatic heterocycles. The summed E-state index contributed by atoms with van der Waals surface area (Å²) in [7, 11) is 0. The number of nitrogens with one attached hydrogen (secondary N) is 1. The summed E-state index contributed by atoms with van der Waals surface area (Å²) in [6.45, 7) is 4.46. The second-order valence-electron chi connectivity index (χ2n) is 5.61. The number of nitriles is 1. The van der Waals surface area contributed by atoms with Gasteiger partial charge in [-0.1, -0.05) is 19.8 Å². The molecule has 2 fully saturated rings. The monoisotopic (exact) mass is 277 g/mol. The Labute approximate surface area is 120 Å². The lowest BCUT2D eigenvalue weighted by Gasteiger charge is -2.29. The molecule has 20 heavy (non-hydrogen) atoms. The van der Waals surface area contributed by atoms with Gasteiger partial charge in [-0.15, -0.1) is 0 Å². The summed E-state index contributed by atoms with van der Waals surface area (Å²) in [5.74, 6) is 0.408. The standard InChI is InChI=1S/C15H23N3O2/c1-12-4-2-3-5-14(12)17-11-13(10-16)15(19)18-6-8-20-9-7-18/h11-12,14,17H,2-9H2,1H3/b13-11-. The number of carbonyl (C=O) groups excluding carboxylic acids is 1. The summed E-state index contributed by atoms with van der Waals surface area (Å²) in [6.07, 6.45) is 6.44. The minimum Gasteiger partial charge on any atom is -0.387 e. The molecule has 1 aliphatic carbocycles. The Kier molecular flexibility index (Phi) is 5.42. The third-order valence-electron chi connectivity index (χ3n) is 4.20. The second-order valence-corrected chi connectivity index (χ2v) is 5.61. The van der Waals surface area contributed by atoms with Gasteiger partial charge >= 0.3 is 0 Å². The molecule has 5 nitrogen and oxygen atoms in total. The van der Waals surface area contributed by atoms with Gasteiger partial charge in [-0.25, -0.2) is 0 Å². The van der Waals surface area contributed by atoms with Gasteiger partial charge in [0.25, 0.3) is 5.91 Å². The van der Waals surface area contributed by atoms with Crippen LogP contribution < -0.4 is 5.32 Å². The first-order valence-corrected chi connectivity index (χ1v) is 7.45. The molecule has 2 atom stereocenters. The zero-order chi connectivity index (χ0) is 14.4. The SMILES string of the molecule is CC1CCCCC1N/C=C(/C#N)C(=O)N1CCOCC1. The van der Waals surface area contributed by atoms with E-state index in [0.29, 0.717) is 38.3 Å². The van der Waals surface area contributed by atoms with Crippen LogP contribution in [0.5, 0.6) is 0 Å². The van der Waals surface area contributed by atoms with Gasteiger partial charge < -0.3 is 15.0 Å². The van der Waals surface area contributed by atoms with Crippen molar-refractivity contribution in [2.24, 2.45) is 5.92 Å². The molecule has 1 saturated carbocycles. The van der Waals surface area contributed by atoms with Gasteiger partial charge in [0, 0.05) is 25.3 Å². The Morgan fingerprint density at radius 3 is 2.70 bits per heavy atom. The highest BCUT2D eigenvalue weighted by Gasteiger charge is 2.23. The summed E-state index contributed by atoms with van der Waals surface area (Å²) < 4.78 is 5.22. The molecule has 5 heteroatoms. The first-order chi connectivity index (χ1) is 9.72. The topological polar surface area (TPSA) is 65.4 Å². The average Bonchev–Trinajstić information content (AvgIpc) is 2.50. The lowest BCUT2D eigenvalue weighted by molar-refractivity contribution is -0.130. The van der Waals surface area contributed by atoms with E-state index in [4.69, 9.17) is 4.74 Å². The lowest BCUT2D eigenvalue weighted by atomic mass is 9.86. The molecule has 1 heterocycles. The lowest BCUT2D eigenvalue weighted by Crippen LogP contribution is -2.42. The highest BCUT2D eigenvalue weighted by molar-refractivity contribution is 5.97. The minimum atomic E-state index is -0.188. The molecule has 2 aliphatic rings. The zero-order valence-corrected chi connectivity index (χ0v) is 12.1. The van der Waals surface area contributed by atoms with E-state index >= 15 is 0 Å². The Balaban J connectivity index is 1.94. The molecule has 0 spiro atoms. The maximum atomic E-state index is 12.2. The van der Waals surface area contributed by atoms with Crippen molar-refractivity contribution >= 4 is 5.91 Å². The quantitative estimate of drug-likeness (QED) is 0.626. The molecule has 0 aromatic carbocycles. The Morgan fingerprint density at radius 1 is 1.35 bits per heavy atom. The molecule has 1 N–H and O–H groups in total. The van der Waals surface area contributed by atoms with Crippen LogP contribution >= 0.6 is 0 Å². The van der Waals surface area contributed by atoms with Gasteiger partial charge in [0.05, 0.1) is 13.2 Å². The van der Waals surface area contributed by atoms with E-state index in [0.717, 1.165) is 6.42 Å². The van der Waals surface area contributed by atoms with E-state index in [1.165, 1.54) is 19.3 Å². The molecule has 110 valence electrons. The fourth-order valence-electron chi connectivity index (χ4n) is 2.83. The van der Waals surface area contributed by atoms with Crippen molar-refractivity contribution in [1.29, 1.82) is 5.26 Å². The maximum absolute atomic E-state index is 12.2. The Bertz CT molecular complexity index is 408. The van der Waals surface area contributed by atoms with Gasteiger partial charge in [0.15, 0.2) is 0 Å². The predicted octanol–water partition coefficient (Wildman–Crippen LogP) is 1.42. The highest BCUT2D eigenvalue weighted by Crippen LogP contribution is 2.23. The number of hydrogen-bond donors (Lipinski definition) is 1. The number of morpholine rings is 1. The number of carbonyl (C=O) groups is 1. The minimum absolute atomic E-state index is 0.188. The number of hydrogen-bond acceptors (Lipinski definition) is 4. The molecule has 1 amide bonds. The van der Waals surface area contributed by atoms with Crippen molar-refractivity contribution in [2.75, 3.05) is 26.3 Å². The fourth-order valence-corrected chi connectivity index (χ4v) is 2.83. The number of ether oxygens (including phenoxy) is 1. The van der Waals surface area contributed by atoms with Gasteiger partial charge in [-0.05, 0) is 18.8 Å². The maximum Gasteiger partial charge on any atom is 0.266 e. The molecule has 2 unspecified atom stereocenters. The average molecular weight is 277 g/mol. The number of nitrogens with zero attached hydrogens (tertiary/aromatic N) is 2. The molecule has 1 saturated heterocycles. The van der Waals surface area contributed by atoms with Crippen molar-refractivity contribution in [3.8, 4) is 6.07 Å². The Morgan fingerprint density at radius 2 is 2.05 bits per heavy atom. The van der Waals surface area contributed by atoms with Crippen LogP contribution in [0.15, 0.2) is 11.8 Å². The molecule has 1 aliphatic heterocycles. The van der Waals surface area contributed by atoms with Crippen LogP contribution in [0.2, 0.25) is 0 Å². The molecule has 0 aromatic rings. The van der Waals surface area contributed by atoms with E-state index in [-0.39, 0.29) is 11.5 Å². The van der Waals surface area contributed by atoms with Crippen LogP contribution in [-0.2, 0) is 9.53 Å². The normalized spacial score (nSPS) is 27.8. The second kappa shape index (κ2) is 7.30. The molecular formula is C15H23N3O2. The number of amides is 1. The van der Waals surface area contributed by atoms with Crippen molar-refractivity contribution in [3.05, 3.63) is 11.8 Å². The van der Waals surface area contributed by atoms with Gasteiger partial charge in [-0.2, -0.15) is 5.26 Å². The van der Waals surface area contributed by atoms with Gasteiger partial charge in [0.2, 0.25) is 0 Å². The first-order valence-electron chi connectivity index (χ1n) is 7.45. The smallest absolute Gasteiger partial charge is 0.266 e. The van der Waals surface area contributed by atoms with E-state index < -0.39 is 0 Å². The Hall–Kier alpha value is -1.54. The summed E-state index contributed by atoms with van der Waals surface area (Å²) in [4.78, 5) is 13.9. The third kappa shape index (κ3) is 3.73. The van der Waals surface area contributed by atoms with E-state index in [1.54, 1.807) is 11.1 Å². The van der Waals surface area contributed by atoms with Crippen LogP contribution in [0.25, 0.3) is 0 Å². The summed E-state index contributed by atoms with van der Waals surface area (Å²) in [5.41, 5.74) is 0.199. The van der Waals surface area contributed by atoms with Crippen molar-refractivity contribution < 1.29 is 9.53 Å². The molecule has 0 bridgehead atoms. The largest absolute Gasteiger partial charge is 0.387 e. The molecular weight excluding hydrogens is 254 g/mol. The summed E-state index contributed by atoms with van der Waals surface area (Å²) in [6, 6.07) is 2.40. The van der Waals surface area contributed by atoms with Crippen LogP contribution in [0, 0.1) is 17.2 Å². The van der Waals surface area contributed by atoms with Crippen LogP contribution in [0.1, 0.15) is 32.6 Å². The van der Waals surface area contributed by atoms with E-state index in [2.05, 4.69) is 12.2 Å². The molecule has 2 rings (SSSR count). The highest BCUT2D eigenvalue weighted by atomic mass is 16.5. The van der Waals surface area contributed by atoms with Crippen LogP contribution in [0.4, 0.5) is 0 Å². The first kappa shape index (κ1) is 14.9. The molecule has 0 radical (unpaired) electrons. The summed E-state index contributed by atoms with van der Waals surface area (Å²) >= 11 is 0. The van der Waals surface area contributed by atoms with Crippen LogP contribution in [0.3, 0.4) is 0 Å². The van der Waals surface area contributed by atoms with E-state index in [1.807, 2.05) is 6.07 Å². The van der Waals surface area contributed by atoms with Crippen LogP contribution in [-0.4, -0.2) is 43.2 Å². The van der Waals surface area contributed by atoms with Gasteiger partial charge in [0.1, 0.15) is 11.6 Å². The third-order valence-corrected chi connectivity index (χ3v) is 4.20. The van der Waals surface area contributed by atoms with E-state index in [9.17, 15) is 10.1 Å².